The first kappa shape index (κ1) is 20.0. The summed E-state index contributed by atoms with van der Waals surface area (Å²) in [5.41, 5.74) is 0. The Balaban J connectivity index is 0. The van der Waals surface area contributed by atoms with Crippen LogP contribution in [0.15, 0.2) is 0 Å². The van der Waals surface area contributed by atoms with Crippen LogP contribution in [-0.2, 0) is 0 Å². The molecular weight excluding hydrogens is 257 g/mol. The summed E-state index contributed by atoms with van der Waals surface area (Å²) >= 11 is 0. The van der Waals surface area contributed by atoms with Gasteiger partial charge in [0.2, 0.25) is 0 Å². The second-order valence-electron chi connectivity index (χ2n) is 4.40. The van der Waals surface area contributed by atoms with Crippen LogP contribution < -0.4 is 4.90 Å². The standard InChI is InChI=1S/C9H21NO3.BF4/c1-7(11)4-10(5-8(2)12)6-9(3)13;2-1(3,4)5/h7-9,11-13H,4-6H2,1-3H3;/q;-1/p+1. The summed E-state index contributed by atoms with van der Waals surface area (Å²) in [6.07, 6.45) is -1.19. The van der Waals surface area contributed by atoms with Crippen molar-refractivity contribution in [2.24, 2.45) is 0 Å². The third-order valence-corrected chi connectivity index (χ3v) is 1.75. The van der Waals surface area contributed by atoms with E-state index in [-0.39, 0.29) is 0 Å². The Kier molecular flexibility index (Phi) is 10.6. The van der Waals surface area contributed by atoms with Gasteiger partial charge in [-0.3, -0.25) is 0 Å². The van der Waals surface area contributed by atoms with E-state index in [1.165, 1.54) is 0 Å². The molecular formula is C9H22BF4NO3. The summed E-state index contributed by atoms with van der Waals surface area (Å²) < 4.78 is 39.0. The zero-order valence-electron chi connectivity index (χ0n) is 10.8. The van der Waals surface area contributed by atoms with Crippen LogP contribution in [0.1, 0.15) is 20.8 Å². The molecule has 112 valence electrons. The number of aliphatic hydroxyl groups excluding tert-OH is 3. The van der Waals surface area contributed by atoms with Gasteiger partial charge < -0.3 is 37.5 Å². The molecule has 0 radical (unpaired) electrons. The molecule has 0 spiro atoms. The van der Waals surface area contributed by atoms with Crippen LogP contribution in [0.25, 0.3) is 0 Å². The van der Waals surface area contributed by atoms with Crippen molar-refractivity contribution in [3.05, 3.63) is 0 Å². The lowest BCUT2D eigenvalue weighted by molar-refractivity contribution is -0.908. The van der Waals surface area contributed by atoms with Gasteiger partial charge in [-0.15, -0.1) is 0 Å². The molecule has 0 aliphatic rings. The Morgan fingerprint density at radius 2 is 0.944 bits per heavy atom. The van der Waals surface area contributed by atoms with Crippen molar-refractivity contribution in [3.8, 4) is 0 Å². The molecule has 0 saturated heterocycles. The van der Waals surface area contributed by atoms with Gasteiger partial charge in [-0.25, -0.2) is 0 Å². The third kappa shape index (κ3) is 24.7. The van der Waals surface area contributed by atoms with Crippen LogP contribution in [0.4, 0.5) is 17.3 Å². The molecule has 0 aromatic rings. The first-order chi connectivity index (χ1) is 7.91. The molecule has 0 aromatic heterocycles. The van der Waals surface area contributed by atoms with Gasteiger partial charge in [0.1, 0.15) is 37.9 Å². The monoisotopic (exact) mass is 279 g/mol. The normalized spacial score (nSPS) is 18.3. The minimum Gasteiger partial charge on any atom is -0.418 e. The number of halogens is 4. The highest BCUT2D eigenvalue weighted by Gasteiger charge is 2.20. The fourth-order valence-electron chi connectivity index (χ4n) is 1.50. The molecule has 4 nitrogen and oxygen atoms in total. The van der Waals surface area contributed by atoms with E-state index in [1.54, 1.807) is 20.8 Å². The number of hydrogen-bond acceptors (Lipinski definition) is 3. The topological polar surface area (TPSA) is 65.1 Å². The lowest BCUT2D eigenvalue weighted by Gasteiger charge is -2.23. The smallest absolute Gasteiger partial charge is 0.418 e. The number of quaternary nitrogens is 1. The van der Waals surface area contributed by atoms with Gasteiger partial charge in [-0.2, -0.15) is 0 Å². The Hall–Kier alpha value is -0.375. The minimum atomic E-state index is -6.00. The largest absolute Gasteiger partial charge is 0.673 e. The van der Waals surface area contributed by atoms with Crippen LogP contribution in [0.5, 0.6) is 0 Å². The van der Waals surface area contributed by atoms with Crippen molar-refractivity contribution in [2.45, 2.75) is 39.1 Å². The molecule has 0 aliphatic carbocycles. The van der Waals surface area contributed by atoms with E-state index in [9.17, 15) is 17.3 Å². The van der Waals surface area contributed by atoms with E-state index in [0.29, 0.717) is 19.6 Å². The lowest BCUT2D eigenvalue weighted by atomic mass is 10.2. The number of nitrogens with one attached hydrogen (secondary N) is 1. The second-order valence-corrected chi connectivity index (χ2v) is 4.40. The lowest BCUT2D eigenvalue weighted by Crippen LogP contribution is -3.15. The first-order valence-corrected chi connectivity index (χ1v) is 5.66. The molecule has 0 fully saturated rings. The molecule has 3 atom stereocenters. The number of hydrogen-bond donors (Lipinski definition) is 4. The van der Waals surface area contributed by atoms with Crippen LogP contribution in [0, 0.1) is 0 Å². The van der Waals surface area contributed by atoms with E-state index >= 15 is 0 Å². The molecule has 4 N–H and O–H groups in total. The number of aliphatic hydroxyl groups is 3. The number of rotatable bonds is 6. The average Bonchev–Trinajstić information content (AvgIpc) is 1.94. The maximum atomic E-state index is 9.75. The van der Waals surface area contributed by atoms with Crippen LogP contribution in [0.2, 0.25) is 0 Å². The minimum absolute atomic E-state index is 0.396. The summed E-state index contributed by atoms with van der Waals surface area (Å²) in [4.78, 5) is 1.03. The van der Waals surface area contributed by atoms with Crippen molar-refractivity contribution < 1.29 is 37.5 Å². The van der Waals surface area contributed by atoms with Gasteiger partial charge in [0.15, 0.2) is 0 Å². The summed E-state index contributed by atoms with van der Waals surface area (Å²) in [5.74, 6) is 0. The van der Waals surface area contributed by atoms with E-state index < -0.39 is 25.6 Å². The van der Waals surface area contributed by atoms with Gasteiger partial charge in [-0.05, 0) is 20.8 Å². The predicted octanol–water partition coefficient (Wildman–Crippen LogP) is -0.686. The van der Waals surface area contributed by atoms with Gasteiger partial charge in [0.25, 0.3) is 0 Å². The summed E-state index contributed by atoms with van der Waals surface area (Å²) in [6.45, 7) is 6.83. The molecule has 0 amide bonds. The SMILES string of the molecule is CC(O)C[NH+](CC(C)O)CC(C)O.F[B-](F)(F)F. The Morgan fingerprint density at radius 3 is 1.06 bits per heavy atom. The highest BCUT2D eigenvalue weighted by molar-refractivity contribution is 6.50. The molecule has 0 aromatic carbocycles. The summed E-state index contributed by atoms with van der Waals surface area (Å²) in [6, 6.07) is 0. The van der Waals surface area contributed by atoms with Crippen LogP contribution in [-0.4, -0.2) is 60.5 Å². The van der Waals surface area contributed by atoms with Crippen molar-refractivity contribution in [2.75, 3.05) is 19.6 Å². The average molecular weight is 279 g/mol. The van der Waals surface area contributed by atoms with Crippen molar-refractivity contribution >= 4 is 7.25 Å². The molecule has 0 bridgehead atoms. The first-order valence-electron chi connectivity index (χ1n) is 5.66. The molecule has 0 aliphatic heterocycles. The summed E-state index contributed by atoms with van der Waals surface area (Å²) in [5, 5.41) is 27.5. The maximum Gasteiger partial charge on any atom is 0.673 e. The molecule has 9 heteroatoms. The zero-order chi connectivity index (χ0) is 14.9. The Labute approximate surface area is 104 Å². The van der Waals surface area contributed by atoms with E-state index in [1.807, 2.05) is 0 Å². The van der Waals surface area contributed by atoms with Crippen molar-refractivity contribution in [3.63, 3.8) is 0 Å². The van der Waals surface area contributed by atoms with Gasteiger partial charge >= 0.3 is 7.25 Å². The highest BCUT2D eigenvalue weighted by atomic mass is 19.5. The van der Waals surface area contributed by atoms with Gasteiger partial charge in [0.05, 0.1) is 0 Å². The maximum absolute atomic E-state index is 9.75. The van der Waals surface area contributed by atoms with Gasteiger partial charge in [-0.1, -0.05) is 0 Å². The fraction of sp³-hybridized carbons (Fsp3) is 1.00. The quantitative estimate of drug-likeness (QED) is 0.384. The second kappa shape index (κ2) is 9.54. The molecule has 18 heavy (non-hydrogen) atoms. The van der Waals surface area contributed by atoms with Crippen LogP contribution >= 0.6 is 0 Å². The van der Waals surface area contributed by atoms with E-state index in [2.05, 4.69) is 0 Å². The molecule has 3 unspecified atom stereocenters. The van der Waals surface area contributed by atoms with Crippen molar-refractivity contribution in [1.82, 2.24) is 0 Å². The molecule has 0 rings (SSSR count). The summed E-state index contributed by atoms with van der Waals surface area (Å²) in [7, 11) is -6.00. The molecule has 0 heterocycles. The Morgan fingerprint density at radius 1 is 0.778 bits per heavy atom. The van der Waals surface area contributed by atoms with Crippen molar-refractivity contribution in [1.29, 1.82) is 0 Å². The zero-order valence-corrected chi connectivity index (χ0v) is 10.8. The third-order valence-electron chi connectivity index (χ3n) is 1.75. The predicted molar refractivity (Wildman–Crippen MR) is 60.8 cm³/mol. The highest BCUT2D eigenvalue weighted by Crippen LogP contribution is 2.06. The van der Waals surface area contributed by atoms with E-state index in [4.69, 9.17) is 15.3 Å². The molecule has 0 saturated carbocycles. The van der Waals surface area contributed by atoms with E-state index in [0.717, 1.165) is 4.90 Å². The Bertz CT molecular complexity index is 173. The fourth-order valence-corrected chi connectivity index (χ4v) is 1.50. The van der Waals surface area contributed by atoms with Gasteiger partial charge in [0, 0.05) is 0 Å². The van der Waals surface area contributed by atoms with Crippen LogP contribution in [0.3, 0.4) is 0 Å².